The van der Waals surface area contributed by atoms with Crippen molar-refractivity contribution in [2.24, 2.45) is 0 Å². The molecule has 0 fully saturated rings. The van der Waals surface area contributed by atoms with E-state index in [4.69, 9.17) is 9.52 Å². The van der Waals surface area contributed by atoms with E-state index in [2.05, 4.69) is 20.6 Å². The molecule has 0 aliphatic carbocycles. The van der Waals surface area contributed by atoms with Gasteiger partial charge in [0.05, 0.1) is 18.0 Å². The number of amides is 1. The van der Waals surface area contributed by atoms with Crippen LogP contribution in [-0.4, -0.2) is 37.2 Å². The molecule has 2 heterocycles. The SMILES string of the molecule is CC(NC(=O)n1nnc2ccccc21)C(C)c1nc(CO)co1. The van der Waals surface area contributed by atoms with Crippen LogP contribution in [0, 0.1) is 0 Å². The number of hydrogen-bond donors (Lipinski definition) is 2. The average molecular weight is 315 g/mol. The van der Waals surface area contributed by atoms with Gasteiger partial charge in [0.1, 0.15) is 17.5 Å². The lowest BCUT2D eigenvalue weighted by Crippen LogP contribution is -2.39. The highest BCUT2D eigenvalue weighted by Gasteiger charge is 2.22. The molecule has 0 aliphatic rings. The van der Waals surface area contributed by atoms with Crippen LogP contribution < -0.4 is 5.32 Å². The van der Waals surface area contributed by atoms with Crippen LogP contribution in [0.2, 0.25) is 0 Å². The van der Waals surface area contributed by atoms with Gasteiger partial charge in [-0.2, -0.15) is 4.68 Å². The Morgan fingerprint density at radius 3 is 2.91 bits per heavy atom. The van der Waals surface area contributed by atoms with Gasteiger partial charge in [0.15, 0.2) is 5.89 Å². The summed E-state index contributed by atoms with van der Waals surface area (Å²) >= 11 is 0. The molecule has 1 aromatic carbocycles. The van der Waals surface area contributed by atoms with Gasteiger partial charge in [0.2, 0.25) is 0 Å². The first-order valence-corrected chi connectivity index (χ1v) is 7.26. The number of carbonyl (C=O) groups excluding carboxylic acids is 1. The van der Waals surface area contributed by atoms with Crippen molar-refractivity contribution < 1.29 is 14.3 Å². The van der Waals surface area contributed by atoms with E-state index >= 15 is 0 Å². The van der Waals surface area contributed by atoms with Gasteiger partial charge in [-0.15, -0.1) is 5.10 Å². The number of nitrogens with one attached hydrogen (secondary N) is 1. The zero-order valence-electron chi connectivity index (χ0n) is 12.8. The second kappa shape index (κ2) is 6.17. The molecule has 2 aromatic heterocycles. The minimum atomic E-state index is -0.369. The first kappa shape index (κ1) is 15.2. The predicted octanol–water partition coefficient (Wildman–Crippen LogP) is 1.66. The Morgan fingerprint density at radius 2 is 2.17 bits per heavy atom. The fourth-order valence-electron chi connectivity index (χ4n) is 2.22. The van der Waals surface area contributed by atoms with Crippen LogP contribution in [0.5, 0.6) is 0 Å². The molecule has 2 unspecified atom stereocenters. The van der Waals surface area contributed by atoms with E-state index in [1.807, 2.05) is 26.0 Å². The molecular weight excluding hydrogens is 298 g/mol. The van der Waals surface area contributed by atoms with Crippen molar-refractivity contribution in [3.63, 3.8) is 0 Å². The minimum absolute atomic E-state index is 0.158. The number of benzene rings is 1. The predicted molar refractivity (Wildman–Crippen MR) is 81.8 cm³/mol. The molecule has 0 aliphatic heterocycles. The van der Waals surface area contributed by atoms with E-state index in [9.17, 15) is 4.79 Å². The highest BCUT2D eigenvalue weighted by molar-refractivity contribution is 5.87. The van der Waals surface area contributed by atoms with Crippen molar-refractivity contribution in [3.05, 3.63) is 42.1 Å². The largest absolute Gasteiger partial charge is 0.448 e. The van der Waals surface area contributed by atoms with E-state index in [-0.39, 0.29) is 24.6 Å². The van der Waals surface area contributed by atoms with Crippen LogP contribution in [0.15, 0.2) is 34.9 Å². The zero-order valence-corrected chi connectivity index (χ0v) is 12.8. The molecule has 120 valence electrons. The average Bonchev–Trinajstić information content (AvgIpc) is 3.20. The number of rotatable bonds is 4. The lowest BCUT2D eigenvalue weighted by Gasteiger charge is -2.18. The maximum absolute atomic E-state index is 12.4. The maximum atomic E-state index is 12.4. The molecule has 8 nitrogen and oxygen atoms in total. The summed E-state index contributed by atoms with van der Waals surface area (Å²) in [6.07, 6.45) is 1.41. The number of hydrogen-bond acceptors (Lipinski definition) is 6. The summed E-state index contributed by atoms with van der Waals surface area (Å²) in [7, 11) is 0. The number of oxazole rings is 1. The van der Waals surface area contributed by atoms with Gasteiger partial charge in [-0.1, -0.05) is 24.3 Å². The fraction of sp³-hybridized carbons (Fsp3) is 0.333. The maximum Gasteiger partial charge on any atom is 0.344 e. The van der Waals surface area contributed by atoms with E-state index in [1.54, 1.807) is 12.1 Å². The molecule has 0 spiro atoms. The summed E-state index contributed by atoms with van der Waals surface area (Å²) in [5.74, 6) is 0.305. The summed E-state index contributed by atoms with van der Waals surface area (Å²) in [5, 5.41) is 19.7. The van der Waals surface area contributed by atoms with Crippen LogP contribution in [0.1, 0.15) is 31.4 Å². The second-order valence-electron chi connectivity index (χ2n) is 5.35. The lowest BCUT2D eigenvalue weighted by atomic mass is 10.0. The van der Waals surface area contributed by atoms with Crippen LogP contribution in [0.4, 0.5) is 4.79 Å². The highest BCUT2D eigenvalue weighted by Crippen LogP contribution is 2.19. The van der Waals surface area contributed by atoms with Crippen LogP contribution >= 0.6 is 0 Å². The van der Waals surface area contributed by atoms with E-state index in [1.165, 1.54) is 10.9 Å². The summed E-state index contributed by atoms with van der Waals surface area (Å²) < 4.78 is 6.55. The first-order chi connectivity index (χ1) is 11.1. The fourth-order valence-corrected chi connectivity index (χ4v) is 2.22. The number of nitrogens with zero attached hydrogens (tertiary/aromatic N) is 4. The number of aliphatic hydroxyl groups excluding tert-OH is 1. The number of para-hydroxylation sites is 1. The molecule has 0 bridgehead atoms. The van der Waals surface area contributed by atoms with Crippen LogP contribution in [-0.2, 0) is 6.61 Å². The standard InChI is InChI=1S/C15H17N5O3/c1-9(14-17-11(7-21)8-23-14)10(2)16-15(22)20-13-6-4-3-5-12(13)18-19-20/h3-6,8-10,21H,7H2,1-2H3,(H,16,22). The third-order valence-corrected chi connectivity index (χ3v) is 3.77. The topological polar surface area (TPSA) is 106 Å². The minimum Gasteiger partial charge on any atom is -0.448 e. The second-order valence-corrected chi connectivity index (χ2v) is 5.35. The zero-order chi connectivity index (χ0) is 16.4. The quantitative estimate of drug-likeness (QED) is 0.758. The lowest BCUT2D eigenvalue weighted by molar-refractivity contribution is 0.234. The number of fused-ring (bicyclic) bond motifs is 1. The normalized spacial score (nSPS) is 13.9. The molecule has 1 amide bonds. The van der Waals surface area contributed by atoms with Gasteiger partial charge >= 0.3 is 6.03 Å². The summed E-state index contributed by atoms with van der Waals surface area (Å²) in [6.45, 7) is 3.56. The number of aromatic nitrogens is 4. The van der Waals surface area contributed by atoms with Crippen molar-refractivity contribution in [3.8, 4) is 0 Å². The molecule has 2 atom stereocenters. The highest BCUT2D eigenvalue weighted by atomic mass is 16.3. The Labute approximate surface area is 132 Å². The van der Waals surface area contributed by atoms with Gasteiger partial charge in [-0.05, 0) is 19.1 Å². The number of carbonyl (C=O) groups is 1. The van der Waals surface area contributed by atoms with Crippen LogP contribution in [0.25, 0.3) is 11.0 Å². The third kappa shape index (κ3) is 2.93. The van der Waals surface area contributed by atoms with Crippen molar-refractivity contribution in [2.75, 3.05) is 0 Å². The summed E-state index contributed by atoms with van der Waals surface area (Å²) in [4.78, 5) is 16.6. The molecule has 0 radical (unpaired) electrons. The molecule has 0 saturated carbocycles. The van der Waals surface area contributed by atoms with Crippen molar-refractivity contribution in [1.29, 1.82) is 0 Å². The first-order valence-electron chi connectivity index (χ1n) is 7.26. The number of aliphatic hydroxyl groups is 1. The Bertz CT molecular complexity index is 825. The van der Waals surface area contributed by atoms with Crippen LogP contribution in [0.3, 0.4) is 0 Å². The molecule has 23 heavy (non-hydrogen) atoms. The molecule has 3 aromatic rings. The smallest absolute Gasteiger partial charge is 0.344 e. The van der Waals surface area contributed by atoms with Crippen molar-refractivity contribution in [1.82, 2.24) is 25.3 Å². The van der Waals surface area contributed by atoms with Gasteiger partial charge in [-0.3, -0.25) is 0 Å². The molecule has 8 heteroatoms. The molecule has 0 saturated heterocycles. The Morgan fingerprint density at radius 1 is 1.39 bits per heavy atom. The summed E-state index contributed by atoms with van der Waals surface area (Å²) in [6, 6.07) is 6.63. The molecular formula is C15H17N5O3. The van der Waals surface area contributed by atoms with Gasteiger partial charge in [-0.25, -0.2) is 9.78 Å². The molecule has 2 N–H and O–H groups in total. The Hall–Kier alpha value is -2.74. The van der Waals surface area contributed by atoms with E-state index in [0.717, 1.165) is 0 Å². The monoisotopic (exact) mass is 315 g/mol. The van der Waals surface area contributed by atoms with Gasteiger partial charge < -0.3 is 14.8 Å². The third-order valence-electron chi connectivity index (χ3n) is 3.77. The van der Waals surface area contributed by atoms with E-state index < -0.39 is 0 Å². The molecule has 3 rings (SSSR count). The van der Waals surface area contributed by atoms with Gasteiger partial charge in [0.25, 0.3) is 0 Å². The van der Waals surface area contributed by atoms with Crippen molar-refractivity contribution >= 4 is 17.1 Å². The Kier molecular flexibility index (Phi) is 4.07. The van der Waals surface area contributed by atoms with Crippen molar-refractivity contribution in [2.45, 2.75) is 32.4 Å². The van der Waals surface area contributed by atoms with E-state index in [0.29, 0.717) is 22.6 Å². The van der Waals surface area contributed by atoms with Gasteiger partial charge in [0, 0.05) is 6.04 Å². The summed E-state index contributed by atoms with van der Waals surface area (Å²) in [5.41, 5.74) is 1.76. The Balaban J connectivity index is 1.74.